The van der Waals surface area contributed by atoms with Crippen LogP contribution in [0.25, 0.3) is 0 Å². The Kier molecular flexibility index (Phi) is 4.28. The molecule has 0 spiro atoms. The lowest BCUT2D eigenvalue weighted by Gasteiger charge is -2.28. The van der Waals surface area contributed by atoms with Gasteiger partial charge in [0, 0.05) is 30.2 Å². The fourth-order valence-corrected chi connectivity index (χ4v) is 2.90. The Balaban J connectivity index is 2.23. The standard InChI is InChI=1S/C18H14N2O7/c1-10(21)19-14-4-2-11(8-15(14)20(25)26)18(7-6-17(24)27-18)13-9-12(22)3-5-16(13)23/h2-9,22-23H,1H3,(H,19,21). The number of benzene rings is 2. The van der Waals surface area contributed by atoms with E-state index in [1.165, 1.54) is 43.3 Å². The van der Waals surface area contributed by atoms with Gasteiger partial charge in [-0.15, -0.1) is 0 Å². The van der Waals surface area contributed by atoms with Crippen molar-refractivity contribution >= 4 is 23.3 Å². The molecular formula is C18H14N2O7. The van der Waals surface area contributed by atoms with Gasteiger partial charge in [-0.1, -0.05) is 6.07 Å². The Morgan fingerprint density at radius 2 is 1.96 bits per heavy atom. The van der Waals surface area contributed by atoms with E-state index in [1.54, 1.807) is 0 Å². The second-order valence-electron chi connectivity index (χ2n) is 5.86. The predicted molar refractivity (Wildman–Crippen MR) is 93.2 cm³/mol. The highest BCUT2D eigenvalue weighted by atomic mass is 16.6. The number of nitro groups is 1. The summed E-state index contributed by atoms with van der Waals surface area (Å²) in [6.07, 6.45) is 2.46. The van der Waals surface area contributed by atoms with E-state index in [2.05, 4.69) is 5.32 Å². The molecule has 9 heteroatoms. The normalized spacial score (nSPS) is 18.2. The number of nitrogens with one attached hydrogen (secondary N) is 1. The van der Waals surface area contributed by atoms with E-state index in [4.69, 9.17) is 4.74 Å². The topological polar surface area (TPSA) is 139 Å². The molecule has 1 aliphatic rings. The molecule has 1 atom stereocenters. The van der Waals surface area contributed by atoms with Gasteiger partial charge in [-0.25, -0.2) is 4.79 Å². The van der Waals surface area contributed by atoms with E-state index in [1.807, 2.05) is 0 Å². The Labute approximate surface area is 152 Å². The maximum Gasteiger partial charge on any atom is 0.332 e. The maximum absolute atomic E-state index is 11.8. The molecule has 0 bridgehead atoms. The molecule has 1 amide bonds. The lowest BCUT2D eigenvalue weighted by Crippen LogP contribution is -2.27. The molecule has 0 aromatic heterocycles. The number of cyclic esters (lactones) is 1. The molecule has 0 radical (unpaired) electrons. The van der Waals surface area contributed by atoms with Gasteiger partial charge in [0.1, 0.15) is 17.2 Å². The number of hydrogen-bond donors (Lipinski definition) is 3. The molecule has 3 rings (SSSR count). The molecule has 138 valence electrons. The highest BCUT2D eigenvalue weighted by Gasteiger charge is 2.43. The highest BCUT2D eigenvalue weighted by Crippen LogP contribution is 2.45. The summed E-state index contributed by atoms with van der Waals surface area (Å²) in [6.45, 7) is 1.21. The molecule has 2 aromatic rings. The second-order valence-corrected chi connectivity index (χ2v) is 5.86. The van der Waals surface area contributed by atoms with E-state index >= 15 is 0 Å². The van der Waals surface area contributed by atoms with E-state index in [9.17, 15) is 29.9 Å². The zero-order chi connectivity index (χ0) is 19.8. The van der Waals surface area contributed by atoms with Crippen LogP contribution in [-0.2, 0) is 19.9 Å². The molecule has 9 nitrogen and oxygen atoms in total. The molecule has 0 saturated carbocycles. The summed E-state index contributed by atoms with van der Waals surface area (Å²) < 4.78 is 5.38. The zero-order valence-electron chi connectivity index (χ0n) is 14.0. The summed E-state index contributed by atoms with van der Waals surface area (Å²) in [5.74, 6) is -1.67. The van der Waals surface area contributed by atoms with E-state index in [0.717, 1.165) is 12.1 Å². The summed E-state index contributed by atoms with van der Waals surface area (Å²) in [4.78, 5) is 33.8. The number of ether oxygens (including phenoxy) is 1. The quantitative estimate of drug-likeness (QED) is 0.325. The van der Waals surface area contributed by atoms with Crippen LogP contribution in [0, 0.1) is 10.1 Å². The van der Waals surface area contributed by atoms with Crippen LogP contribution in [0.4, 0.5) is 11.4 Å². The number of esters is 1. The van der Waals surface area contributed by atoms with Gasteiger partial charge in [0.15, 0.2) is 5.60 Å². The third-order valence-electron chi connectivity index (χ3n) is 4.03. The van der Waals surface area contributed by atoms with Gasteiger partial charge < -0.3 is 20.3 Å². The molecule has 1 unspecified atom stereocenters. The van der Waals surface area contributed by atoms with Crippen LogP contribution in [0.5, 0.6) is 11.5 Å². The Morgan fingerprint density at radius 1 is 1.22 bits per heavy atom. The molecule has 3 N–H and O–H groups in total. The minimum atomic E-state index is -1.67. The van der Waals surface area contributed by atoms with Crippen molar-refractivity contribution in [3.63, 3.8) is 0 Å². The molecule has 27 heavy (non-hydrogen) atoms. The molecule has 0 aliphatic carbocycles. The van der Waals surface area contributed by atoms with Crippen molar-refractivity contribution in [2.24, 2.45) is 0 Å². The molecule has 2 aromatic carbocycles. The van der Waals surface area contributed by atoms with Crippen molar-refractivity contribution in [3.05, 3.63) is 69.8 Å². The highest BCUT2D eigenvalue weighted by molar-refractivity contribution is 5.91. The van der Waals surface area contributed by atoms with Gasteiger partial charge >= 0.3 is 5.97 Å². The van der Waals surface area contributed by atoms with E-state index < -0.39 is 28.1 Å². The zero-order valence-corrected chi connectivity index (χ0v) is 14.0. The predicted octanol–water partition coefficient (Wildman–Crippen LogP) is 2.32. The first-order valence-electron chi connectivity index (χ1n) is 7.74. The third kappa shape index (κ3) is 3.17. The molecule has 1 heterocycles. The summed E-state index contributed by atoms with van der Waals surface area (Å²) in [5, 5.41) is 33.8. The third-order valence-corrected chi connectivity index (χ3v) is 4.03. The lowest BCUT2D eigenvalue weighted by atomic mass is 9.85. The van der Waals surface area contributed by atoms with Gasteiger partial charge in [-0.2, -0.15) is 0 Å². The van der Waals surface area contributed by atoms with E-state index in [0.29, 0.717) is 0 Å². The minimum Gasteiger partial charge on any atom is -0.508 e. The summed E-state index contributed by atoms with van der Waals surface area (Å²) in [5.41, 5.74) is -1.92. The largest absolute Gasteiger partial charge is 0.508 e. The minimum absolute atomic E-state index is 0.0279. The first-order chi connectivity index (χ1) is 12.7. The first-order valence-corrected chi connectivity index (χ1v) is 7.74. The number of nitro benzene ring substituents is 1. The van der Waals surface area contributed by atoms with Crippen LogP contribution in [0.3, 0.4) is 0 Å². The van der Waals surface area contributed by atoms with Crippen molar-refractivity contribution in [3.8, 4) is 11.5 Å². The van der Waals surface area contributed by atoms with Gasteiger partial charge in [0.05, 0.1) is 4.92 Å². The Hall–Kier alpha value is -3.88. The smallest absolute Gasteiger partial charge is 0.332 e. The second kappa shape index (κ2) is 6.45. The Bertz CT molecular complexity index is 999. The van der Waals surface area contributed by atoms with E-state index in [-0.39, 0.29) is 28.3 Å². The summed E-state index contributed by atoms with van der Waals surface area (Å²) in [7, 11) is 0. The fourth-order valence-electron chi connectivity index (χ4n) is 2.90. The lowest BCUT2D eigenvalue weighted by molar-refractivity contribution is -0.384. The molecular weight excluding hydrogens is 356 g/mol. The summed E-state index contributed by atoms with van der Waals surface area (Å²) >= 11 is 0. The number of nitrogens with zero attached hydrogens (tertiary/aromatic N) is 1. The van der Waals surface area contributed by atoms with Crippen molar-refractivity contribution in [1.29, 1.82) is 0 Å². The number of anilines is 1. The monoisotopic (exact) mass is 370 g/mol. The van der Waals surface area contributed by atoms with Crippen molar-refractivity contribution in [2.75, 3.05) is 5.32 Å². The van der Waals surface area contributed by atoms with Gasteiger partial charge in [0.2, 0.25) is 5.91 Å². The number of phenolic OH excluding ortho intramolecular Hbond substituents is 2. The van der Waals surface area contributed by atoms with Crippen LogP contribution in [0.15, 0.2) is 48.6 Å². The number of amides is 1. The number of carbonyl (C=O) groups excluding carboxylic acids is 2. The van der Waals surface area contributed by atoms with Crippen LogP contribution in [0.1, 0.15) is 18.1 Å². The average Bonchev–Trinajstić information content (AvgIpc) is 2.99. The summed E-state index contributed by atoms with van der Waals surface area (Å²) in [6, 6.07) is 7.52. The van der Waals surface area contributed by atoms with Crippen LogP contribution in [0.2, 0.25) is 0 Å². The number of carbonyl (C=O) groups is 2. The van der Waals surface area contributed by atoms with Crippen LogP contribution >= 0.6 is 0 Å². The Morgan fingerprint density at radius 3 is 2.56 bits per heavy atom. The SMILES string of the molecule is CC(=O)Nc1ccc(C2(c3cc(O)ccc3O)C=CC(=O)O2)cc1[N+](=O)[O-]. The number of aromatic hydroxyl groups is 2. The number of phenols is 2. The van der Waals surface area contributed by atoms with Crippen molar-refractivity contribution < 1.29 is 29.5 Å². The fraction of sp³-hybridized carbons (Fsp3) is 0.111. The van der Waals surface area contributed by atoms with Gasteiger partial charge in [-0.05, 0) is 30.3 Å². The van der Waals surface area contributed by atoms with Crippen LogP contribution < -0.4 is 5.32 Å². The van der Waals surface area contributed by atoms with Crippen molar-refractivity contribution in [2.45, 2.75) is 12.5 Å². The average molecular weight is 370 g/mol. The molecule has 0 fully saturated rings. The van der Waals surface area contributed by atoms with Crippen molar-refractivity contribution in [1.82, 2.24) is 0 Å². The maximum atomic E-state index is 11.8. The van der Waals surface area contributed by atoms with Gasteiger partial charge in [-0.3, -0.25) is 14.9 Å². The van der Waals surface area contributed by atoms with Gasteiger partial charge in [0.25, 0.3) is 5.69 Å². The first kappa shape index (κ1) is 17.9. The van der Waals surface area contributed by atoms with Crippen LogP contribution in [-0.4, -0.2) is 27.0 Å². The number of rotatable bonds is 4. The molecule has 0 saturated heterocycles. The number of hydrogen-bond acceptors (Lipinski definition) is 7. The molecule has 1 aliphatic heterocycles.